The lowest BCUT2D eigenvalue weighted by Gasteiger charge is -2.49. The number of hydrogen-bond donors (Lipinski definition) is 1. The second-order valence-electron chi connectivity index (χ2n) is 6.35. The van der Waals surface area contributed by atoms with Crippen LogP contribution in [0.1, 0.15) is 41.9 Å². The molecule has 3 aliphatic heterocycles. The third kappa shape index (κ3) is 2.01. The summed E-state index contributed by atoms with van der Waals surface area (Å²) in [6.45, 7) is 4.66. The number of furan rings is 1. The van der Waals surface area contributed by atoms with E-state index in [-0.39, 0.29) is 5.69 Å². The van der Waals surface area contributed by atoms with Gasteiger partial charge in [-0.15, -0.1) is 0 Å². The molecule has 3 aliphatic rings. The zero-order chi connectivity index (χ0) is 15.4. The fraction of sp³-hybridized carbons (Fsp3) is 0.500. The van der Waals surface area contributed by atoms with E-state index in [9.17, 15) is 4.79 Å². The predicted molar refractivity (Wildman–Crippen MR) is 86.7 cm³/mol. The maximum absolute atomic E-state index is 11.3. The Morgan fingerprint density at radius 1 is 1.45 bits per heavy atom. The molecule has 0 unspecified atom stereocenters. The highest BCUT2D eigenvalue weighted by atomic mass is 79.9. The lowest BCUT2D eigenvalue weighted by Crippen LogP contribution is -2.52. The highest BCUT2D eigenvalue weighted by Gasteiger charge is 2.43. The van der Waals surface area contributed by atoms with E-state index in [0.717, 1.165) is 15.6 Å². The van der Waals surface area contributed by atoms with Gasteiger partial charge in [0.05, 0.1) is 10.7 Å². The van der Waals surface area contributed by atoms with Crippen molar-refractivity contribution in [3.8, 4) is 0 Å². The number of nitrogens with two attached hydrogens (primary N) is 1. The molecule has 0 spiro atoms. The summed E-state index contributed by atoms with van der Waals surface area (Å²) >= 11 is 3.68. The second kappa shape index (κ2) is 5.06. The van der Waals surface area contributed by atoms with Crippen LogP contribution in [0.15, 0.2) is 21.2 Å². The summed E-state index contributed by atoms with van der Waals surface area (Å²) in [5.41, 5.74) is 6.29. The van der Waals surface area contributed by atoms with E-state index in [1.807, 2.05) is 0 Å². The van der Waals surface area contributed by atoms with Crippen LogP contribution in [0.5, 0.6) is 0 Å². The summed E-state index contributed by atoms with van der Waals surface area (Å²) in [5.74, 6) is 1.52. The van der Waals surface area contributed by atoms with Crippen LogP contribution < -0.4 is 5.73 Å². The largest absolute Gasteiger partial charge is 0.458 e. The van der Waals surface area contributed by atoms with Crippen molar-refractivity contribution in [3.05, 3.63) is 28.2 Å². The number of rotatable bonds is 2. The molecular formula is C16H18BrN3O2. The molecule has 22 heavy (non-hydrogen) atoms. The van der Waals surface area contributed by atoms with Crippen molar-refractivity contribution in [2.75, 3.05) is 13.1 Å². The highest BCUT2D eigenvalue weighted by molar-refractivity contribution is 9.10. The molecule has 0 saturated carbocycles. The molecule has 1 amide bonds. The molecular weight excluding hydrogens is 346 g/mol. The normalized spacial score (nSPS) is 30.8. The number of carbonyl (C=O) groups is 1. The van der Waals surface area contributed by atoms with Crippen LogP contribution >= 0.6 is 15.9 Å². The monoisotopic (exact) mass is 363 g/mol. The highest BCUT2D eigenvalue weighted by Crippen LogP contribution is 2.47. The second-order valence-corrected chi connectivity index (χ2v) is 7.14. The van der Waals surface area contributed by atoms with Crippen molar-refractivity contribution in [2.45, 2.75) is 31.7 Å². The number of piperidine rings is 3. The van der Waals surface area contributed by atoms with Crippen LogP contribution in [-0.4, -0.2) is 34.9 Å². The van der Waals surface area contributed by atoms with E-state index < -0.39 is 5.91 Å². The van der Waals surface area contributed by atoms with Gasteiger partial charge >= 0.3 is 0 Å². The summed E-state index contributed by atoms with van der Waals surface area (Å²) in [4.78, 5) is 17.9. The summed E-state index contributed by atoms with van der Waals surface area (Å²) in [6, 6.07) is 2.19. The molecule has 2 bridgehead atoms. The third-order valence-electron chi connectivity index (χ3n) is 5.27. The zero-order valence-electron chi connectivity index (χ0n) is 12.4. The Hall–Kier alpha value is -1.40. The van der Waals surface area contributed by atoms with Gasteiger partial charge < -0.3 is 10.2 Å². The number of halogens is 1. The van der Waals surface area contributed by atoms with Gasteiger partial charge in [-0.2, -0.15) is 0 Å². The number of primary amides is 1. The van der Waals surface area contributed by atoms with E-state index in [4.69, 9.17) is 10.2 Å². The molecule has 5 nitrogen and oxygen atoms in total. The van der Waals surface area contributed by atoms with Gasteiger partial charge in [0.2, 0.25) is 0 Å². The van der Waals surface area contributed by atoms with Crippen LogP contribution in [0.25, 0.3) is 11.0 Å². The molecule has 2 aromatic rings. The van der Waals surface area contributed by atoms with Crippen LogP contribution in [0, 0.1) is 5.92 Å². The molecule has 0 aromatic carbocycles. The molecule has 3 fully saturated rings. The van der Waals surface area contributed by atoms with Crippen LogP contribution in [0.4, 0.5) is 0 Å². The molecule has 0 aliphatic carbocycles. The minimum absolute atomic E-state index is 0.266. The quantitative estimate of drug-likeness (QED) is 0.890. The number of nitrogens with zero attached hydrogens (tertiary/aromatic N) is 2. The van der Waals surface area contributed by atoms with Gasteiger partial charge in [-0.25, -0.2) is 4.98 Å². The van der Waals surface area contributed by atoms with Crippen LogP contribution in [-0.2, 0) is 0 Å². The maximum Gasteiger partial charge on any atom is 0.267 e. The molecule has 0 radical (unpaired) electrons. The van der Waals surface area contributed by atoms with Gasteiger partial charge in [0.15, 0.2) is 5.58 Å². The van der Waals surface area contributed by atoms with Crippen molar-refractivity contribution >= 4 is 32.8 Å². The molecule has 6 heteroatoms. The van der Waals surface area contributed by atoms with E-state index in [1.54, 1.807) is 12.3 Å². The Bertz CT molecular complexity index is 747. The lowest BCUT2D eigenvalue weighted by molar-refractivity contribution is 0.0272. The number of aromatic nitrogens is 1. The van der Waals surface area contributed by atoms with Crippen molar-refractivity contribution < 1.29 is 9.21 Å². The number of carbonyl (C=O) groups excluding carboxylic acids is 1. The Labute approximate surface area is 137 Å². The fourth-order valence-electron chi connectivity index (χ4n) is 4.08. The molecule has 2 N–H and O–H groups in total. The first-order valence-electron chi connectivity index (χ1n) is 7.68. The van der Waals surface area contributed by atoms with E-state index >= 15 is 0 Å². The maximum atomic E-state index is 11.3. The molecule has 5 rings (SSSR count). The molecule has 116 valence electrons. The zero-order valence-corrected chi connectivity index (χ0v) is 14.0. The van der Waals surface area contributed by atoms with E-state index in [1.165, 1.54) is 25.9 Å². The van der Waals surface area contributed by atoms with Crippen molar-refractivity contribution in [1.29, 1.82) is 0 Å². The Morgan fingerprint density at radius 3 is 2.82 bits per heavy atom. The van der Waals surface area contributed by atoms with Crippen LogP contribution in [0.3, 0.4) is 0 Å². The first kappa shape index (κ1) is 14.2. The molecule has 2 atom stereocenters. The standard InChI is InChI=1S/C16H18BrN3O2/c1-8-13(9-2-4-20(8)5-3-9)15-14(17)10-6-11(16(18)21)19-7-12(10)22-15/h6-9,13H,2-5H2,1H3,(H2,18,21)/t8-,13+/m1/s1. The Kier molecular flexibility index (Phi) is 3.27. The van der Waals surface area contributed by atoms with Gasteiger partial charge in [-0.1, -0.05) is 0 Å². The SMILES string of the molecule is C[C@@H]1[C@H](c2oc3cnc(C(N)=O)cc3c2Br)C2CCN1CC2. The topological polar surface area (TPSA) is 72.4 Å². The number of pyridine rings is 1. The van der Waals surface area contributed by atoms with Gasteiger partial charge in [-0.05, 0) is 60.8 Å². The van der Waals surface area contributed by atoms with Gasteiger partial charge in [0.1, 0.15) is 11.5 Å². The fourth-order valence-corrected chi connectivity index (χ4v) is 4.74. The first-order valence-corrected chi connectivity index (χ1v) is 8.47. The number of hydrogen-bond acceptors (Lipinski definition) is 4. The Balaban J connectivity index is 1.82. The van der Waals surface area contributed by atoms with Crippen molar-refractivity contribution in [3.63, 3.8) is 0 Å². The van der Waals surface area contributed by atoms with Crippen LogP contribution in [0.2, 0.25) is 0 Å². The van der Waals surface area contributed by atoms with Gasteiger partial charge in [-0.3, -0.25) is 9.69 Å². The first-order chi connectivity index (χ1) is 10.6. The molecule has 3 saturated heterocycles. The molecule has 2 aromatic heterocycles. The van der Waals surface area contributed by atoms with Crippen molar-refractivity contribution in [2.24, 2.45) is 11.7 Å². The predicted octanol–water partition coefficient (Wildman–Crippen LogP) is 2.89. The average molecular weight is 364 g/mol. The van der Waals surface area contributed by atoms with Crippen molar-refractivity contribution in [1.82, 2.24) is 9.88 Å². The lowest BCUT2D eigenvalue weighted by atomic mass is 9.73. The minimum atomic E-state index is -0.521. The average Bonchev–Trinajstić information content (AvgIpc) is 2.85. The third-order valence-corrected chi connectivity index (χ3v) is 6.09. The van der Waals surface area contributed by atoms with Gasteiger partial charge in [0, 0.05) is 17.3 Å². The number of fused-ring (bicyclic) bond motifs is 4. The van der Waals surface area contributed by atoms with E-state index in [2.05, 4.69) is 32.7 Å². The van der Waals surface area contributed by atoms with E-state index in [0.29, 0.717) is 23.5 Å². The molecule has 5 heterocycles. The summed E-state index contributed by atoms with van der Waals surface area (Å²) in [6.07, 6.45) is 4.04. The smallest absolute Gasteiger partial charge is 0.267 e. The minimum Gasteiger partial charge on any atom is -0.458 e. The summed E-state index contributed by atoms with van der Waals surface area (Å²) < 4.78 is 7.05. The van der Waals surface area contributed by atoms with Gasteiger partial charge in [0.25, 0.3) is 5.91 Å². The Morgan fingerprint density at radius 2 is 2.18 bits per heavy atom. The number of amides is 1. The summed E-state index contributed by atoms with van der Waals surface area (Å²) in [7, 11) is 0. The summed E-state index contributed by atoms with van der Waals surface area (Å²) in [5, 5.41) is 0.877.